The summed E-state index contributed by atoms with van der Waals surface area (Å²) in [7, 11) is 1.90. The maximum atomic E-state index is 9.82. The van der Waals surface area contributed by atoms with Crippen LogP contribution in [0.5, 0.6) is 5.75 Å². The lowest BCUT2D eigenvalue weighted by Crippen LogP contribution is -2.37. The van der Waals surface area contributed by atoms with Crippen LogP contribution in [-0.4, -0.2) is 53.4 Å². The van der Waals surface area contributed by atoms with Gasteiger partial charge in [0, 0.05) is 31.4 Å². The molecule has 0 atom stereocenters. The number of aromatic hydroxyl groups is 1. The second kappa shape index (κ2) is 7.23. The Morgan fingerprint density at radius 1 is 1.19 bits per heavy atom. The number of pyridine rings is 1. The normalized spacial score (nSPS) is 14.7. The molecule has 134 valence electrons. The van der Waals surface area contributed by atoms with Gasteiger partial charge < -0.3 is 20.1 Å². The van der Waals surface area contributed by atoms with Gasteiger partial charge in [-0.05, 0) is 30.8 Å². The first-order valence-corrected chi connectivity index (χ1v) is 8.68. The van der Waals surface area contributed by atoms with Gasteiger partial charge >= 0.3 is 0 Å². The number of phenols is 1. The lowest BCUT2D eigenvalue weighted by molar-refractivity contribution is 0.122. The molecule has 1 fully saturated rings. The van der Waals surface area contributed by atoms with E-state index in [0.29, 0.717) is 19.0 Å². The highest BCUT2D eigenvalue weighted by atomic mass is 16.5. The zero-order valence-corrected chi connectivity index (χ0v) is 14.6. The van der Waals surface area contributed by atoms with Crippen molar-refractivity contribution >= 4 is 16.9 Å². The third-order valence-electron chi connectivity index (χ3n) is 4.37. The Kier molecular flexibility index (Phi) is 4.64. The highest BCUT2D eigenvalue weighted by molar-refractivity contribution is 5.88. The number of nitrogens with zero attached hydrogens (tertiary/aromatic N) is 4. The quantitative estimate of drug-likeness (QED) is 0.743. The summed E-state index contributed by atoms with van der Waals surface area (Å²) >= 11 is 0. The Balaban J connectivity index is 1.88. The van der Waals surface area contributed by atoms with E-state index in [4.69, 9.17) is 14.7 Å². The molecule has 0 unspecified atom stereocenters. The number of phenolic OH excluding ortho intramolecular Hbond substituents is 1. The minimum atomic E-state index is 0.196. The van der Waals surface area contributed by atoms with E-state index >= 15 is 0 Å². The molecule has 7 heteroatoms. The SMILES string of the molecule is CNCc1cnc2c(N3CCOCC3)nc(-c3cccc(O)c3)nc2c1. The molecule has 0 aliphatic carbocycles. The molecule has 0 amide bonds. The molecule has 3 aromatic rings. The number of anilines is 1. The van der Waals surface area contributed by atoms with Gasteiger partial charge in [0.05, 0.1) is 18.7 Å². The Hall–Kier alpha value is -2.77. The molecule has 1 aliphatic heterocycles. The van der Waals surface area contributed by atoms with Gasteiger partial charge in [0.15, 0.2) is 11.6 Å². The second-order valence-corrected chi connectivity index (χ2v) is 6.26. The van der Waals surface area contributed by atoms with Crippen LogP contribution in [0.1, 0.15) is 5.56 Å². The van der Waals surface area contributed by atoms with Crippen molar-refractivity contribution < 1.29 is 9.84 Å². The first-order valence-electron chi connectivity index (χ1n) is 8.68. The van der Waals surface area contributed by atoms with E-state index in [1.165, 1.54) is 0 Å². The maximum absolute atomic E-state index is 9.82. The van der Waals surface area contributed by atoms with Gasteiger partial charge in [-0.3, -0.25) is 4.98 Å². The van der Waals surface area contributed by atoms with Crippen molar-refractivity contribution in [3.63, 3.8) is 0 Å². The summed E-state index contributed by atoms with van der Waals surface area (Å²) < 4.78 is 5.47. The number of ether oxygens (including phenoxy) is 1. The number of fused-ring (bicyclic) bond motifs is 1. The number of hydrogen-bond donors (Lipinski definition) is 2. The van der Waals surface area contributed by atoms with Crippen LogP contribution in [0.2, 0.25) is 0 Å². The number of aromatic nitrogens is 3. The summed E-state index contributed by atoms with van der Waals surface area (Å²) in [6, 6.07) is 9.04. The van der Waals surface area contributed by atoms with E-state index in [-0.39, 0.29) is 5.75 Å². The first kappa shape index (κ1) is 16.7. The van der Waals surface area contributed by atoms with Crippen LogP contribution in [0.3, 0.4) is 0 Å². The highest BCUT2D eigenvalue weighted by Crippen LogP contribution is 2.28. The van der Waals surface area contributed by atoms with Crippen molar-refractivity contribution in [3.8, 4) is 17.1 Å². The van der Waals surface area contributed by atoms with Gasteiger partial charge in [0.2, 0.25) is 0 Å². The van der Waals surface area contributed by atoms with E-state index in [0.717, 1.165) is 47.6 Å². The van der Waals surface area contributed by atoms with Crippen molar-refractivity contribution in [2.24, 2.45) is 0 Å². The Labute approximate surface area is 151 Å². The van der Waals surface area contributed by atoms with Crippen LogP contribution in [0.15, 0.2) is 36.5 Å². The number of nitrogens with one attached hydrogen (secondary N) is 1. The van der Waals surface area contributed by atoms with E-state index < -0.39 is 0 Å². The lowest BCUT2D eigenvalue weighted by Gasteiger charge is -2.28. The predicted molar refractivity (Wildman–Crippen MR) is 100 cm³/mol. The predicted octanol–water partition coefficient (Wildman–Crippen LogP) is 1.95. The van der Waals surface area contributed by atoms with E-state index in [2.05, 4.69) is 15.2 Å². The molecule has 3 heterocycles. The monoisotopic (exact) mass is 351 g/mol. The van der Waals surface area contributed by atoms with Crippen LogP contribution < -0.4 is 10.2 Å². The average molecular weight is 351 g/mol. The molecule has 2 aromatic heterocycles. The maximum Gasteiger partial charge on any atom is 0.162 e. The minimum Gasteiger partial charge on any atom is -0.508 e. The topological polar surface area (TPSA) is 83.4 Å². The molecular formula is C19H21N5O2. The largest absolute Gasteiger partial charge is 0.508 e. The van der Waals surface area contributed by atoms with E-state index in [1.54, 1.807) is 18.2 Å². The summed E-state index contributed by atoms with van der Waals surface area (Å²) in [6.45, 7) is 3.61. The third kappa shape index (κ3) is 3.31. The van der Waals surface area contributed by atoms with Gasteiger partial charge in [-0.2, -0.15) is 0 Å². The number of benzene rings is 1. The summed E-state index contributed by atoms with van der Waals surface area (Å²) in [5, 5.41) is 13.0. The zero-order chi connectivity index (χ0) is 17.9. The highest BCUT2D eigenvalue weighted by Gasteiger charge is 2.19. The molecule has 7 nitrogen and oxygen atoms in total. The van der Waals surface area contributed by atoms with E-state index in [9.17, 15) is 5.11 Å². The number of morpholine rings is 1. The Bertz CT molecular complexity index is 925. The zero-order valence-electron chi connectivity index (χ0n) is 14.6. The van der Waals surface area contributed by atoms with Gasteiger partial charge in [-0.15, -0.1) is 0 Å². The molecule has 0 bridgehead atoms. The summed E-state index contributed by atoms with van der Waals surface area (Å²) in [5.74, 6) is 1.59. The van der Waals surface area contributed by atoms with Crippen molar-refractivity contribution in [3.05, 3.63) is 42.1 Å². The fourth-order valence-electron chi connectivity index (χ4n) is 3.12. The lowest BCUT2D eigenvalue weighted by atomic mass is 10.2. The molecule has 0 saturated carbocycles. The van der Waals surface area contributed by atoms with Crippen LogP contribution in [0.25, 0.3) is 22.4 Å². The fraction of sp³-hybridized carbons (Fsp3) is 0.316. The fourth-order valence-corrected chi connectivity index (χ4v) is 3.12. The summed E-state index contributed by atoms with van der Waals surface area (Å²) in [5.41, 5.74) is 3.43. The molecule has 4 rings (SSSR count). The van der Waals surface area contributed by atoms with Gasteiger partial charge in [-0.25, -0.2) is 9.97 Å². The van der Waals surface area contributed by atoms with E-state index in [1.807, 2.05) is 25.4 Å². The van der Waals surface area contributed by atoms with Gasteiger partial charge in [0.1, 0.15) is 11.3 Å². The molecule has 1 saturated heterocycles. The molecule has 0 radical (unpaired) electrons. The van der Waals surface area contributed by atoms with Crippen molar-refractivity contribution in [2.45, 2.75) is 6.54 Å². The number of rotatable bonds is 4. The average Bonchev–Trinajstić information content (AvgIpc) is 2.68. The van der Waals surface area contributed by atoms with Gasteiger partial charge in [-0.1, -0.05) is 12.1 Å². The summed E-state index contributed by atoms with van der Waals surface area (Å²) in [6.07, 6.45) is 1.86. The van der Waals surface area contributed by atoms with Crippen molar-refractivity contribution in [1.29, 1.82) is 0 Å². The molecule has 26 heavy (non-hydrogen) atoms. The first-order chi connectivity index (χ1) is 12.7. The van der Waals surface area contributed by atoms with Crippen LogP contribution in [0, 0.1) is 0 Å². The molecule has 2 N–H and O–H groups in total. The van der Waals surface area contributed by atoms with Gasteiger partial charge in [0.25, 0.3) is 0 Å². The van der Waals surface area contributed by atoms with Crippen LogP contribution >= 0.6 is 0 Å². The van der Waals surface area contributed by atoms with Crippen LogP contribution in [-0.2, 0) is 11.3 Å². The standard InChI is InChI=1S/C19H21N5O2/c1-20-11-13-9-16-17(21-12-13)19(24-5-7-26-8-6-24)23-18(22-16)14-3-2-4-15(25)10-14/h2-4,9-10,12,20,25H,5-8,11H2,1H3. The smallest absolute Gasteiger partial charge is 0.162 e. The summed E-state index contributed by atoms with van der Waals surface area (Å²) in [4.78, 5) is 16.3. The minimum absolute atomic E-state index is 0.196. The molecule has 1 aliphatic rings. The molecule has 0 spiro atoms. The molecular weight excluding hydrogens is 330 g/mol. The number of hydrogen-bond acceptors (Lipinski definition) is 7. The van der Waals surface area contributed by atoms with Crippen molar-refractivity contribution in [1.82, 2.24) is 20.3 Å². The van der Waals surface area contributed by atoms with Crippen molar-refractivity contribution in [2.75, 3.05) is 38.3 Å². The van der Waals surface area contributed by atoms with Crippen LogP contribution in [0.4, 0.5) is 5.82 Å². The third-order valence-corrected chi connectivity index (χ3v) is 4.37. The Morgan fingerprint density at radius 2 is 2.04 bits per heavy atom. The Morgan fingerprint density at radius 3 is 2.81 bits per heavy atom. The second-order valence-electron chi connectivity index (χ2n) is 6.26. The molecule has 1 aromatic carbocycles.